The fourth-order valence-electron chi connectivity index (χ4n) is 2.53. The van der Waals surface area contributed by atoms with Crippen LogP contribution in [0.4, 0.5) is 0 Å². The maximum Gasteiger partial charge on any atom is 0.341 e. The van der Waals surface area contributed by atoms with Crippen LogP contribution in [0.25, 0.3) is 16.9 Å². The van der Waals surface area contributed by atoms with Crippen LogP contribution >= 0.6 is 0 Å². The monoisotopic (exact) mass is 342 g/mol. The van der Waals surface area contributed by atoms with Crippen LogP contribution in [0.5, 0.6) is 11.5 Å². The fraction of sp³-hybridized carbons (Fsp3) is 0.250. The first-order valence-electron chi connectivity index (χ1n) is 7.71. The zero-order valence-electron chi connectivity index (χ0n) is 13.3. The summed E-state index contributed by atoms with van der Waals surface area (Å²) in [6, 6.07) is 3.25. The number of hydrogen-bond acceptors (Lipinski definition) is 7. The molecule has 1 aliphatic rings. The van der Waals surface area contributed by atoms with E-state index in [0.717, 1.165) is 0 Å². The van der Waals surface area contributed by atoms with Gasteiger partial charge >= 0.3 is 5.97 Å². The SMILES string of the molecule is CCOC(=O)c1cnn(-c2nc3cc4c(cc3c(=O)[nH]2)OCCO4)c1. The van der Waals surface area contributed by atoms with Gasteiger partial charge in [0.15, 0.2) is 11.5 Å². The summed E-state index contributed by atoms with van der Waals surface area (Å²) in [5.41, 5.74) is 0.369. The molecule has 0 bridgehead atoms. The zero-order chi connectivity index (χ0) is 17.4. The Labute approximate surface area is 141 Å². The van der Waals surface area contributed by atoms with Gasteiger partial charge in [-0.1, -0.05) is 0 Å². The van der Waals surface area contributed by atoms with Crippen LogP contribution in [0.15, 0.2) is 29.3 Å². The van der Waals surface area contributed by atoms with Crippen molar-refractivity contribution < 1.29 is 19.0 Å². The second-order valence-electron chi connectivity index (χ2n) is 5.30. The van der Waals surface area contributed by atoms with Gasteiger partial charge in [-0.3, -0.25) is 9.78 Å². The summed E-state index contributed by atoms with van der Waals surface area (Å²) < 4.78 is 17.2. The molecule has 1 N–H and O–H groups in total. The molecular formula is C16H14N4O5. The number of benzene rings is 1. The van der Waals surface area contributed by atoms with Crippen LogP contribution in [-0.2, 0) is 4.74 Å². The van der Waals surface area contributed by atoms with Crippen LogP contribution in [0.2, 0.25) is 0 Å². The molecule has 0 saturated carbocycles. The van der Waals surface area contributed by atoms with Gasteiger partial charge in [-0.2, -0.15) is 5.10 Å². The number of hydrogen-bond donors (Lipinski definition) is 1. The predicted octanol–water partition coefficient (Wildman–Crippen LogP) is 1.06. The lowest BCUT2D eigenvalue weighted by Gasteiger charge is -2.18. The summed E-state index contributed by atoms with van der Waals surface area (Å²) in [5, 5.41) is 4.43. The predicted molar refractivity (Wildman–Crippen MR) is 86.4 cm³/mol. The molecule has 3 aromatic rings. The Morgan fingerprint density at radius 2 is 2.08 bits per heavy atom. The number of rotatable bonds is 3. The number of aromatic amines is 1. The highest BCUT2D eigenvalue weighted by atomic mass is 16.6. The van der Waals surface area contributed by atoms with Gasteiger partial charge in [-0.05, 0) is 13.0 Å². The Morgan fingerprint density at radius 3 is 2.84 bits per heavy atom. The molecule has 0 radical (unpaired) electrons. The molecule has 2 aromatic heterocycles. The number of H-pyrrole nitrogens is 1. The van der Waals surface area contributed by atoms with Crippen LogP contribution in [-0.4, -0.2) is 45.5 Å². The Balaban J connectivity index is 1.78. The molecule has 128 valence electrons. The number of nitrogens with zero attached hydrogens (tertiary/aromatic N) is 3. The molecule has 0 aliphatic carbocycles. The van der Waals surface area contributed by atoms with Gasteiger partial charge in [-0.15, -0.1) is 0 Å². The van der Waals surface area contributed by atoms with E-state index < -0.39 is 5.97 Å². The van der Waals surface area contributed by atoms with E-state index in [-0.39, 0.29) is 23.7 Å². The third kappa shape index (κ3) is 2.69. The molecule has 4 rings (SSSR count). The first kappa shape index (κ1) is 15.2. The van der Waals surface area contributed by atoms with Crippen molar-refractivity contribution in [2.24, 2.45) is 0 Å². The molecule has 0 atom stereocenters. The van der Waals surface area contributed by atoms with Crippen molar-refractivity contribution in [2.45, 2.75) is 6.92 Å². The van der Waals surface area contributed by atoms with Crippen LogP contribution < -0.4 is 15.0 Å². The van der Waals surface area contributed by atoms with Crippen molar-refractivity contribution in [1.29, 1.82) is 0 Å². The number of carbonyl (C=O) groups is 1. The normalized spacial score (nSPS) is 13.0. The zero-order valence-corrected chi connectivity index (χ0v) is 13.3. The number of ether oxygens (including phenoxy) is 3. The second-order valence-corrected chi connectivity index (χ2v) is 5.30. The van der Waals surface area contributed by atoms with Crippen molar-refractivity contribution in [3.63, 3.8) is 0 Å². The van der Waals surface area contributed by atoms with Gasteiger partial charge in [0.25, 0.3) is 5.56 Å². The molecule has 0 amide bonds. The van der Waals surface area contributed by atoms with Crippen molar-refractivity contribution in [3.8, 4) is 17.4 Å². The Kier molecular flexibility index (Phi) is 3.60. The maximum absolute atomic E-state index is 12.4. The second kappa shape index (κ2) is 5.93. The Morgan fingerprint density at radius 1 is 1.32 bits per heavy atom. The lowest BCUT2D eigenvalue weighted by molar-refractivity contribution is 0.0526. The van der Waals surface area contributed by atoms with Gasteiger partial charge in [0.2, 0.25) is 5.95 Å². The molecule has 0 fully saturated rings. The van der Waals surface area contributed by atoms with Crippen LogP contribution in [0, 0.1) is 0 Å². The van der Waals surface area contributed by atoms with Gasteiger partial charge in [0, 0.05) is 12.3 Å². The summed E-state index contributed by atoms with van der Waals surface area (Å²) in [6.45, 7) is 2.86. The topological polar surface area (TPSA) is 108 Å². The van der Waals surface area contributed by atoms with Gasteiger partial charge in [0.05, 0.1) is 29.3 Å². The lowest BCUT2D eigenvalue weighted by atomic mass is 10.2. The molecular weight excluding hydrogens is 328 g/mol. The Hall–Kier alpha value is -3.36. The fourth-order valence-corrected chi connectivity index (χ4v) is 2.53. The standard InChI is InChI=1S/C16H14N4O5/c1-2-23-15(22)9-7-17-20(8-9)16-18-11-6-13-12(24-3-4-25-13)5-10(11)14(21)19-16/h5-8H,2-4H2,1H3,(H,18,19,21). The smallest absolute Gasteiger partial charge is 0.341 e. The number of esters is 1. The molecule has 3 heterocycles. The molecule has 25 heavy (non-hydrogen) atoms. The highest BCUT2D eigenvalue weighted by Crippen LogP contribution is 2.32. The molecule has 1 aromatic carbocycles. The van der Waals surface area contributed by atoms with E-state index in [1.807, 2.05) is 0 Å². The third-order valence-corrected chi connectivity index (χ3v) is 3.67. The van der Waals surface area contributed by atoms with Gasteiger partial charge in [-0.25, -0.2) is 14.5 Å². The largest absolute Gasteiger partial charge is 0.486 e. The quantitative estimate of drug-likeness (QED) is 0.709. The molecule has 9 heteroatoms. The van der Waals surface area contributed by atoms with Crippen molar-refractivity contribution in [2.75, 3.05) is 19.8 Å². The van der Waals surface area contributed by atoms with E-state index >= 15 is 0 Å². The van der Waals surface area contributed by atoms with Crippen LogP contribution in [0.1, 0.15) is 17.3 Å². The maximum atomic E-state index is 12.4. The minimum Gasteiger partial charge on any atom is -0.486 e. The minimum atomic E-state index is -0.489. The van der Waals surface area contributed by atoms with Crippen LogP contribution in [0.3, 0.4) is 0 Å². The lowest BCUT2D eigenvalue weighted by Crippen LogP contribution is -2.17. The minimum absolute atomic E-state index is 0.185. The van der Waals surface area contributed by atoms with E-state index in [1.54, 1.807) is 19.1 Å². The average molecular weight is 342 g/mol. The van der Waals surface area contributed by atoms with Gasteiger partial charge < -0.3 is 14.2 Å². The molecule has 9 nitrogen and oxygen atoms in total. The van der Waals surface area contributed by atoms with E-state index in [9.17, 15) is 9.59 Å². The first-order valence-corrected chi connectivity index (χ1v) is 7.71. The average Bonchev–Trinajstić information content (AvgIpc) is 3.11. The van der Waals surface area contributed by atoms with E-state index in [4.69, 9.17) is 14.2 Å². The van der Waals surface area contributed by atoms with Gasteiger partial charge in [0.1, 0.15) is 13.2 Å². The third-order valence-electron chi connectivity index (χ3n) is 3.67. The first-order chi connectivity index (χ1) is 12.2. The molecule has 1 aliphatic heterocycles. The Bertz CT molecular complexity index is 1020. The summed E-state index contributed by atoms with van der Waals surface area (Å²) in [6.07, 6.45) is 2.80. The highest BCUT2D eigenvalue weighted by Gasteiger charge is 2.17. The summed E-state index contributed by atoms with van der Waals surface area (Å²) in [7, 11) is 0. The summed E-state index contributed by atoms with van der Waals surface area (Å²) >= 11 is 0. The number of nitrogens with one attached hydrogen (secondary N) is 1. The molecule has 0 saturated heterocycles. The number of fused-ring (bicyclic) bond motifs is 2. The van der Waals surface area contributed by atoms with E-state index in [0.29, 0.717) is 35.6 Å². The van der Waals surface area contributed by atoms with Crippen molar-refractivity contribution >= 4 is 16.9 Å². The summed E-state index contributed by atoms with van der Waals surface area (Å²) in [5.74, 6) is 0.749. The molecule has 0 unspecified atom stereocenters. The number of aromatic nitrogens is 4. The van der Waals surface area contributed by atoms with Crippen molar-refractivity contribution in [1.82, 2.24) is 19.7 Å². The number of carbonyl (C=O) groups excluding carboxylic acids is 1. The molecule has 0 spiro atoms. The highest BCUT2D eigenvalue weighted by molar-refractivity contribution is 5.88. The van der Waals surface area contributed by atoms with E-state index in [2.05, 4.69) is 15.1 Å². The van der Waals surface area contributed by atoms with E-state index in [1.165, 1.54) is 17.1 Å². The summed E-state index contributed by atoms with van der Waals surface area (Å²) in [4.78, 5) is 31.1. The van der Waals surface area contributed by atoms with Crippen molar-refractivity contribution in [3.05, 3.63) is 40.4 Å².